The first kappa shape index (κ1) is 14.5. The molecule has 18 heavy (non-hydrogen) atoms. The zero-order valence-electron chi connectivity index (χ0n) is 11.5. The second kappa shape index (κ2) is 6.42. The van der Waals surface area contributed by atoms with Crippen molar-refractivity contribution in [2.75, 3.05) is 6.61 Å². The number of nitrogens with zero attached hydrogens (tertiary/aromatic N) is 1. The van der Waals surface area contributed by atoms with Gasteiger partial charge in [-0.1, -0.05) is 17.7 Å². The average Bonchev–Trinajstić information content (AvgIpc) is 2.36. The number of ether oxygens (including phenoxy) is 1. The fourth-order valence-electron chi connectivity index (χ4n) is 1.76. The van der Waals surface area contributed by atoms with Crippen LogP contribution in [0.25, 0.3) is 0 Å². The Morgan fingerprint density at radius 2 is 2.11 bits per heavy atom. The van der Waals surface area contributed by atoms with Crippen molar-refractivity contribution in [3.8, 4) is 11.8 Å². The van der Waals surface area contributed by atoms with E-state index in [-0.39, 0.29) is 5.41 Å². The SMILES string of the molecule is Cc1ccc(OCCCC(C)(C)C#N)c(CN)c1. The van der Waals surface area contributed by atoms with Gasteiger partial charge in [0.25, 0.3) is 0 Å². The van der Waals surface area contributed by atoms with Crippen LogP contribution in [-0.4, -0.2) is 6.61 Å². The van der Waals surface area contributed by atoms with Crippen LogP contribution < -0.4 is 10.5 Å². The van der Waals surface area contributed by atoms with E-state index in [0.29, 0.717) is 13.2 Å². The Morgan fingerprint density at radius 3 is 2.72 bits per heavy atom. The summed E-state index contributed by atoms with van der Waals surface area (Å²) in [5, 5.41) is 8.92. The molecule has 0 aliphatic heterocycles. The van der Waals surface area contributed by atoms with Gasteiger partial charge in [0.15, 0.2) is 0 Å². The van der Waals surface area contributed by atoms with Crippen molar-refractivity contribution in [2.45, 2.75) is 40.2 Å². The quantitative estimate of drug-likeness (QED) is 0.784. The molecule has 0 heterocycles. The molecule has 0 aliphatic rings. The lowest BCUT2D eigenvalue weighted by molar-refractivity contribution is 0.282. The van der Waals surface area contributed by atoms with Gasteiger partial charge in [-0.15, -0.1) is 0 Å². The van der Waals surface area contributed by atoms with E-state index in [1.54, 1.807) is 0 Å². The summed E-state index contributed by atoms with van der Waals surface area (Å²) >= 11 is 0. The van der Waals surface area contributed by atoms with E-state index >= 15 is 0 Å². The maximum atomic E-state index is 8.92. The van der Waals surface area contributed by atoms with Crippen molar-refractivity contribution in [3.63, 3.8) is 0 Å². The minimum absolute atomic E-state index is 0.271. The standard InChI is InChI=1S/C15H22N2O/c1-12-5-6-14(13(9-12)10-16)18-8-4-7-15(2,3)11-17/h5-6,9H,4,7-8,10,16H2,1-3H3. The summed E-state index contributed by atoms with van der Waals surface area (Å²) in [5.41, 5.74) is 7.65. The Bertz CT molecular complexity index is 433. The molecule has 1 aromatic carbocycles. The first-order valence-corrected chi connectivity index (χ1v) is 6.32. The van der Waals surface area contributed by atoms with Crippen molar-refractivity contribution < 1.29 is 4.74 Å². The smallest absolute Gasteiger partial charge is 0.123 e. The van der Waals surface area contributed by atoms with E-state index in [1.807, 2.05) is 32.9 Å². The van der Waals surface area contributed by atoms with Gasteiger partial charge < -0.3 is 10.5 Å². The maximum Gasteiger partial charge on any atom is 0.123 e. The molecule has 0 spiro atoms. The largest absolute Gasteiger partial charge is 0.493 e. The van der Waals surface area contributed by atoms with Gasteiger partial charge in [-0.05, 0) is 39.7 Å². The lowest BCUT2D eigenvalue weighted by Gasteiger charge is -2.16. The van der Waals surface area contributed by atoms with Crippen molar-refractivity contribution in [1.29, 1.82) is 5.26 Å². The van der Waals surface area contributed by atoms with Gasteiger partial charge in [0.1, 0.15) is 5.75 Å². The molecule has 0 unspecified atom stereocenters. The number of aryl methyl sites for hydroxylation is 1. The van der Waals surface area contributed by atoms with Crippen molar-refractivity contribution in [2.24, 2.45) is 11.1 Å². The topological polar surface area (TPSA) is 59.0 Å². The third kappa shape index (κ3) is 4.38. The summed E-state index contributed by atoms with van der Waals surface area (Å²) in [4.78, 5) is 0. The molecule has 0 saturated heterocycles. The lowest BCUT2D eigenvalue weighted by atomic mass is 9.90. The predicted octanol–water partition coefficient (Wildman–Crippen LogP) is 3.16. The van der Waals surface area contributed by atoms with Crippen molar-refractivity contribution in [1.82, 2.24) is 0 Å². The first-order valence-electron chi connectivity index (χ1n) is 6.32. The van der Waals surface area contributed by atoms with Gasteiger partial charge in [0.2, 0.25) is 0 Å². The van der Waals surface area contributed by atoms with Crippen LogP contribution in [0.3, 0.4) is 0 Å². The highest BCUT2D eigenvalue weighted by molar-refractivity contribution is 5.36. The van der Waals surface area contributed by atoms with Gasteiger partial charge in [0, 0.05) is 12.1 Å². The van der Waals surface area contributed by atoms with Crippen LogP contribution in [0.1, 0.15) is 37.8 Å². The molecule has 0 atom stereocenters. The predicted molar refractivity (Wildman–Crippen MR) is 73.2 cm³/mol. The second-order valence-corrected chi connectivity index (χ2v) is 5.26. The molecule has 0 bridgehead atoms. The number of hydrogen-bond acceptors (Lipinski definition) is 3. The molecule has 0 saturated carbocycles. The van der Waals surface area contributed by atoms with Gasteiger partial charge >= 0.3 is 0 Å². The maximum absolute atomic E-state index is 8.92. The molecule has 3 heteroatoms. The molecule has 2 N–H and O–H groups in total. The van der Waals surface area contributed by atoms with Crippen LogP contribution in [0.15, 0.2) is 18.2 Å². The van der Waals surface area contributed by atoms with Crippen LogP contribution in [0.4, 0.5) is 0 Å². The minimum atomic E-state index is -0.271. The molecule has 0 radical (unpaired) electrons. The van der Waals surface area contributed by atoms with E-state index in [0.717, 1.165) is 24.2 Å². The van der Waals surface area contributed by atoms with E-state index in [1.165, 1.54) is 5.56 Å². The average molecular weight is 246 g/mol. The summed E-state index contributed by atoms with van der Waals surface area (Å²) in [7, 11) is 0. The molecular formula is C15H22N2O. The lowest BCUT2D eigenvalue weighted by Crippen LogP contribution is -2.11. The highest BCUT2D eigenvalue weighted by Gasteiger charge is 2.15. The fourth-order valence-corrected chi connectivity index (χ4v) is 1.76. The molecule has 0 amide bonds. The number of benzene rings is 1. The summed E-state index contributed by atoms with van der Waals surface area (Å²) < 4.78 is 5.73. The molecule has 1 aromatic rings. The van der Waals surface area contributed by atoms with Gasteiger partial charge in [-0.2, -0.15) is 5.26 Å². The van der Waals surface area contributed by atoms with E-state index in [9.17, 15) is 0 Å². The molecule has 0 aliphatic carbocycles. The van der Waals surface area contributed by atoms with Crippen LogP contribution >= 0.6 is 0 Å². The normalized spacial score (nSPS) is 11.1. The van der Waals surface area contributed by atoms with Crippen LogP contribution in [0, 0.1) is 23.7 Å². The van der Waals surface area contributed by atoms with E-state index in [4.69, 9.17) is 15.7 Å². The number of nitrogens with two attached hydrogens (primary N) is 1. The Kier molecular flexibility index (Phi) is 5.18. The fraction of sp³-hybridized carbons (Fsp3) is 0.533. The Morgan fingerprint density at radius 1 is 1.39 bits per heavy atom. The van der Waals surface area contributed by atoms with E-state index < -0.39 is 0 Å². The minimum Gasteiger partial charge on any atom is -0.493 e. The molecule has 98 valence electrons. The van der Waals surface area contributed by atoms with Gasteiger partial charge in [0.05, 0.1) is 18.1 Å². The second-order valence-electron chi connectivity index (χ2n) is 5.26. The molecule has 0 aromatic heterocycles. The van der Waals surface area contributed by atoms with Crippen LogP contribution in [-0.2, 0) is 6.54 Å². The van der Waals surface area contributed by atoms with Gasteiger partial charge in [-0.25, -0.2) is 0 Å². The highest BCUT2D eigenvalue weighted by Crippen LogP contribution is 2.23. The van der Waals surface area contributed by atoms with Crippen LogP contribution in [0.2, 0.25) is 0 Å². The third-order valence-corrected chi connectivity index (χ3v) is 2.94. The first-order chi connectivity index (χ1) is 8.48. The molecule has 3 nitrogen and oxygen atoms in total. The number of nitriles is 1. The molecule has 1 rings (SSSR count). The summed E-state index contributed by atoms with van der Waals surface area (Å²) in [6.45, 7) is 7.05. The zero-order valence-corrected chi connectivity index (χ0v) is 11.5. The molecular weight excluding hydrogens is 224 g/mol. The monoisotopic (exact) mass is 246 g/mol. The Balaban J connectivity index is 2.47. The van der Waals surface area contributed by atoms with Crippen molar-refractivity contribution in [3.05, 3.63) is 29.3 Å². The zero-order chi connectivity index (χ0) is 13.6. The third-order valence-electron chi connectivity index (χ3n) is 2.94. The van der Waals surface area contributed by atoms with Crippen molar-refractivity contribution >= 4 is 0 Å². The molecule has 0 fully saturated rings. The van der Waals surface area contributed by atoms with Gasteiger partial charge in [-0.3, -0.25) is 0 Å². The van der Waals surface area contributed by atoms with Crippen LogP contribution in [0.5, 0.6) is 5.75 Å². The summed E-state index contributed by atoms with van der Waals surface area (Å²) in [5.74, 6) is 0.859. The number of hydrogen-bond donors (Lipinski definition) is 1. The number of rotatable bonds is 6. The summed E-state index contributed by atoms with van der Waals surface area (Å²) in [6.07, 6.45) is 1.71. The summed E-state index contributed by atoms with van der Waals surface area (Å²) in [6, 6.07) is 8.33. The highest BCUT2D eigenvalue weighted by atomic mass is 16.5. The Labute approximate surface area is 110 Å². The Hall–Kier alpha value is -1.53. The van der Waals surface area contributed by atoms with E-state index in [2.05, 4.69) is 12.1 Å².